The summed E-state index contributed by atoms with van der Waals surface area (Å²) in [6, 6.07) is 0. The molecule has 3 heteroatoms. The lowest BCUT2D eigenvalue weighted by molar-refractivity contribution is 0.0689. The lowest BCUT2D eigenvalue weighted by atomic mass is 9.93. The number of aliphatic hydroxyl groups excluding tert-OH is 2. The highest BCUT2D eigenvalue weighted by atomic mass is 16.3. The van der Waals surface area contributed by atoms with Crippen molar-refractivity contribution in [2.24, 2.45) is 10.8 Å². The van der Waals surface area contributed by atoms with Crippen LogP contribution in [0.5, 0.6) is 0 Å². The van der Waals surface area contributed by atoms with Gasteiger partial charge in [-0.15, -0.1) is 0 Å². The van der Waals surface area contributed by atoms with E-state index in [1.807, 2.05) is 6.92 Å². The minimum absolute atomic E-state index is 0.0349. The number of aliphatic hydroxyl groups is 2. The van der Waals surface area contributed by atoms with E-state index in [0.717, 1.165) is 6.54 Å². The molecule has 0 atom stereocenters. The molecule has 0 spiro atoms. The highest BCUT2D eigenvalue weighted by Gasteiger charge is 2.37. The molecule has 0 aliphatic heterocycles. The Morgan fingerprint density at radius 1 is 1.31 bits per heavy atom. The zero-order chi connectivity index (χ0) is 9.95. The Morgan fingerprint density at radius 3 is 2.23 bits per heavy atom. The molecule has 1 rings (SSSR count). The summed E-state index contributed by atoms with van der Waals surface area (Å²) >= 11 is 0. The lowest BCUT2D eigenvalue weighted by Gasteiger charge is -2.25. The summed E-state index contributed by atoms with van der Waals surface area (Å²) in [4.78, 5) is 0. The molecule has 0 saturated heterocycles. The summed E-state index contributed by atoms with van der Waals surface area (Å²) in [5.74, 6) is 0. The minimum atomic E-state index is -0.370. The predicted octanol–water partition coefficient (Wildman–Crippen LogP) is 0.367. The molecule has 0 bridgehead atoms. The van der Waals surface area contributed by atoms with E-state index in [9.17, 15) is 0 Å². The molecule has 0 amide bonds. The van der Waals surface area contributed by atoms with Gasteiger partial charge in [-0.2, -0.15) is 0 Å². The molecule has 3 nitrogen and oxygen atoms in total. The van der Waals surface area contributed by atoms with Gasteiger partial charge in [-0.25, -0.2) is 0 Å². The first-order valence-electron chi connectivity index (χ1n) is 4.96. The number of hydrogen-bond acceptors (Lipinski definition) is 3. The van der Waals surface area contributed by atoms with Crippen LogP contribution in [0.4, 0.5) is 0 Å². The molecule has 1 fully saturated rings. The molecular formula is C10H21NO2. The molecule has 3 N–H and O–H groups in total. The maximum Gasteiger partial charge on any atom is 0.0518 e. The lowest BCUT2D eigenvalue weighted by Crippen LogP contribution is -2.39. The molecule has 0 radical (unpaired) electrons. The van der Waals surface area contributed by atoms with Crippen molar-refractivity contribution in [1.29, 1.82) is 0 Å². The zero-order valence-electron chi connectivity index (χ0n) is 8.64. The van der Waals surface area contributed by atoms with Gasteiger partial charge in [0, 0.05) is 18.5 Å². The first-order valence-corrected chi connectivity index (χ1v) is 4.96. The van der Waals surface area contributed by atoms with Gasteiger partial charge in [0.05, 0.1) is 13.2 Å². The highest BCUT2D eigenvalue weighted by molar-refractivity contribution is 4.91. The Hall–Kier alpha value is -0.120. The van der Waals surface area contributed by atoms with Crippen LogP contribution in [0.3, 0.4) is 0 Å². The van der Waals surface area contributed by atoms with Crippen LogP contribution in [0, 0.1) is 10.8 Å². The van der Waals surface area contributed by atoms with Gasteiger partial charge in [-0.3, -0.25) is 0 Å². The van der Waals surface area contributed by atoms with Gasteiger partial charge < -0.3 is 15.5 Å². The van der Waals surface area contributed by atoms with Crippen LogP contribution < -0.4 is 5.32 Å². The van der Waals surface area contributed by atoms with E-state index >= 15 is 0 Å². The molecule has 0 unspecified atom stereocenters. The Balaban J connectivity index is 2.16. The van der Waals surface area contributed by atoms with Crippen molar-refractivity contribution < 1.29 is 10.2 Å². The molecule has 0 aromatic rings. The number of nitrogens with one attached hydrogen (secondary N) is 1. The molecule has 1 aliphatic carbocycles. The molecular weight excluding hydrogens is 166 g/mol. The van der Waals surface area contributed by atoms with Crippen molar-refractivity contribution in [2.75, 3.05) is 26.3 Å². The van der Waals surface area contributed by atoms with Crippen LogP contribution in [-0.2, 0) is 0 Å². The van der Waals surface area contributed by atoms with Crippen molar-refractivity contribution in [3.63, 3.8) is 0 Å². The van der Waals surface area contributed by atoms with E-state index in [4.69, 9.17) is 10.2 Å². The molecule has 0 aromatic carbocycles. The van der Waals surface area contributed by atoms with Gasteiger partial charge in [0.1, 0.15) is 0 Å². The maximum atomic E-state index is 9.03. The van der Waals surface area contributed by atoms with Crippen LogP contribution in [0.15, 0.2) is 0 Å². The van der Waals surface area contributed by atoms with Crippen molar-refractivity contribution in [2.45, 2.75) is 26.7 Å². The first kappa shape index (κ1) is 11.0. The second kappa shape index (κ2) is 3.95. The second-order valence-electron chi connectivity index (χ2n) is 5.04. The van der Waals surface area contributed by atoms with Crippen molar-refractivity contribution in [1.82, 2.24) is 5.32 Å². The van der Waals surface area contributed by atoms with E-state index in [1.54, 1.807) is 0 Å². The summed E-state index contributed by atoms with van der Waals surface area (Å²) in [6.45, 7) is 5.91. The van der Waals surface area contributed by atoms with Gasteiger partial charge in [0.25, 0.3) is 0 Å². The van der Waals surface area contributed by atoms with Gasteiger partial charge in [-0.1, -0.05) is 13.8 Å². The monoisotopic (exact) mass is 187 g/mol. The highest BCUT2D eigenvalue weighted by Crippen LogP contribution is 2.44. The summed E-state index contributed by atoms with van der Waals surface area (Å²) in [5, 5.41) is 21.4. The first-order chi connectivity index (χ1) is 6.04. The molecule has 1 saturated carbocycles. The quantitative estimate of drug-likeness (QED) is 0.563. The molecule has 78 valence electrons. The maximum absolute atomic E-state index is 9.03. The van der Waals surface area contributed by atoms with E-state index in [-0.39, 0.29) is 18.6 Å². The largest absolute Gasteiger partial charge is 0.396 e. The standard InChI is InChI=1S/C10H21NO2/c1-9(3-4-9)5-11-6-10(2,7-12)8-13/h11-13H,3-8H2,1-2H3. The molecule has 0 aromatic heterocycles. The molecule has 1 aliphatic rings. The summed E-state index contributed by atoms with van der Waals surface area (Å²) < 4.78 is 0. The van der Waals surface area contributed by atoms with Crippen LogP contribution >= 0.6 is 0 Å². The summed E-state index contributed by atoms with van der Waals surface area (Å²) in [6.07, 6.45) is 2.60. The van der Waals surface area contributed by atoms with Crippen LogP contribution in [0.25, 0.3) is 0 Å². The van der Waals surface area contributed by atoms with E-state index in [2.05, 4.69) is 12.2 Å². The number of rotatable bonds is 6. The fourth-order valence-corrected chi connectivity index (χ4v) is 1.22. The second-order valence-corrected chi connectivity index (χ2v) is 5.04. The Morgan fingerprint density at radius 2 is 1.85 bits per heavy atom. The van der Waals surface area contributed by atoms with Crippen molar-refractivity contribution in [3.8, 4) is 0 Å². The minimum Gasteiger partial charge on any atom is -0.396 e. The van der Waals surface area contributed by atoms with Gasteiger partial charge in [0.15, 0.2) is 0 Å². The van der Waals surface area contributed by atoms with E-state index in [0.29, 0.717) is 12.0 Å². The third-order valence-corrected chi connectivity index (χ3v) is 2.97. The van der Waals surface area contributed by atoms with Gasteiger partial charge >= 0.3 is 0 Å². The summed E-state index contributed by atoms with van der Waals surface area (Å²) in [5.41, 5.74) is 0.122. The normalized spacial score (nSPS) is 20.3. The molecule has 0 heterocycles. The summed E-state index contributed by atoms with van der Waals surface area (Å²) in [7, 11) is 0. The average Bonchev–Trinajstić information content (AvgIpc) is 2.84. The Kier molecular flexibility index (Phi) is 3.33. The van der Waals surface area contributed by atoms with Crippen LogP contribution in [0.1, 0.15) is 26.7 Å². The Labute approximate surface area is 80.2 Å². The topological polar surface area (TPSA) is 52.5 Å². The van der Waals surface area contributed by atoms with Crippen LogP contribution in [0.2, 0.25) is 0 Å². The third kappa shape index (κ3) is 3.25. The number of hydrogen-bond donors (Lipinski definition) is 3. The molecule has 13 heavy (non-hydrogen) atoms. The van der Waals surface area contributed by atoms with Gasteiger partial charge in [-0.05, 0) is 18.3 Å². The van der Waals surface area contributed by atoms with E-state index < -0.39 is 0 Å². The average molecular weight is 187 g/mol. The third-order valence-electron chi connectivity index (χ3n) is 2.97. The predicted molar refractivity (Wildman–Crippen MR) is 52.5 cm³/mol. The van der Waals surface area contributed by atoms with Crippen molar-refractivity contribution >= 4 is 0 Å². The fraction of sp³-hybridized carbons (Fsp3) is 1.00. The van der Waals surface area contributed by atoms with Gasteiger partial charge in [0.2, 0.25) is 0 Å². The van der Waals surface area contributed by atoms with Crippen molar-refractivity contribution in [3.05, 3.63) is 0 Å². The SMILES string of the molecule is CC(CO)(CO)CNCC1(C)CC1. The van der Waals surface area contributed by atoms with E-state index in [1.165, 1.54) is 12.8 Å². The smallest absolute Gasteiger partial charge is 0.0518 e. The fourth-order valence-electron chi connectivity index (χ4n) is 1.22. The zero-order valence-corrected chi connectivity index (χ0v) is 8.64. The Bertz CT molecular complexity index is 162. The van der Waals surface area contributed by atoms with Crippen LogP contribution in [-0.4, -0.2) is 36.5 Å².